The highest BCUT2D eigenvalue weighted by atomic mass is 16.5. The minimum absolute atomic E-state index is 0.247. The van der Waals surface area contributed by atoms with Crippen LogP contribution in [-0.2, 0) is 4.74 Å². The smallest absolute Gasteiger partial charge is 0.409 e. The summed E-state index contributed by atoms with van der Waals surface area (Å²) >= 11 is 0. The monoisotopic (exact) mass is 172 g/mol. The van der Waals surface area contributed by atoms with Gasteiger partial charge in [-0.15, -0.1) is 0 Å². The zero-order chi connectivity index (χ0) is 8.97. The van der Waals surface area contributed by atoms with E-state index in [1.54, 1.807) is 11.9 Å². The van der Waals surface area contributed by atoms with E-state index in [-0.39, 0.29) is 6.09 Å². The molecule has 1 heterocycles. The second-order valence-corrected chi connectivity index (χ2v) is 3.08. The third-order valence-corrected chi connectivity index (χ3v) is 2.28. The van der Waals surface area contributed by atoms with E-state index in [9.17, 15) is 4.79 Å². The Bertz CT molecular complexity index is 155. The summed E-state index contributed by atoms with van der Waals surface area (Å²) in [6.45, 7) is 1.94. The van der Waals surface area contributed by atoms with E-state index in [1.807, 2.05) is 0 Å². The van der Waals surface area contributed by atoms with Crippen molar-refractivity contribution in [2.24, 2.45) is 0 Å². The van der Waals surface area contributed by atoms with Crippen molar-refractivity contribution in [2.45, 2.75) is 18.9 Å². The minimum atomic E-state index is -0.247. The Morgan fingerprint density at radius 1 is 1.67 bits per heavy atom. The lowest BCUT2D eigenvalue weighted by molar-refractivity contribution is 0.111. The molecule has 1 rings (SSSR count). The van der Waals surface area contributed by atoms with Crippen molar-refractivity contribution in [1.29, 1.82) is 0 Å². The summed E-state index contributed by atoms with van der Waals surface area (Å²) in [6, 6.07) is 0.297. The molecule has 0 unspecified atom stereocenters. The number of hydrogen-bond donors (Lipinski definition) is 1. The molecule has 1 saturated heterocycles. The van der Waals surface area contributed by atoms with Crippen molar-refractivity contribution in [3.05, 3.63) is 0 Å². The molecule has 1 aliphatic heterocycles. The standard InChI is InChI=1S/C8H16N2O2/c1-10(8(11)12-2)7-4-3-5-9-6-7/h7,9H,3-6H2,1-2H3/t7-/m0/s1. The Kier molecular flexibility index (Phi) is 3.34. The van der Waals surface area contributed by atoms with Gasteiger partial charge in [0.25, 0.3) is 0 Å². The average molecular weight is 172 g/mol. The van der Waals surface area contributed by atoms with Crippen LogP contribution in [0.5, 0.6) is 0 Å². The van der Waals surface area contributed by atoms with Crippen LogP contribution in [0.15, 0.2) is 0 Å². The molecule has 4 nitrogen and oxygen atoms in total. The first-order valence-corrected chi connectivity index (χ1v) is 4.27. The number of ether oxygens (including phenoxy) is 1. The van der Waals surface area contributed by atoms with Gasteiger partial charge in [0.15, 0.2) is 0 Å². The average Bonchev–Trinajstić information content (AvgIpc) is 2.17. The highest BCUT2D eigenvalue weighted by Crippen LogP contribution is 2.08. The van der Waals surface area contributed by atoms with Crippen LogP contribution in [0.25, 0.3) is 0 Å². The van der Waals surface area contributed by atoms with Crippen molar-refractivity contribution < 1.29 is 9.53 Å². The van der Waals surface area contributed by atoms with Crippen molar-refractivity contribution in [2.75, 3.05) is 27.2 Å². The topological polar surface area (TPSA) is 41.6 Å². The summed E-state index contributed by atoms with van der Waals surface area (Å²) in [5, 5.41) is 3.25. The third kappa shape index (κ3) is 2.11. The first-order chi connectivity index (χ1) is 5.75. The second-order valence-electron chi connectivity index (χ2n) is 3.08. The molecule has 0 radical (unpaired) electrons. The minimum Gasteiger partial charge on any atom is -0.453 e. The summed E-state index contributed by atoms with van der Waals surface area (Å²) in [6.07, 6.45) is 1.95. The van der Waals surface area contributed by atoms with Crippen LogP contribution in [0.3, 0.4) is 0 Å². The van der Waals surface area contributed by atoms with Crippen molar-refractivity contribution >= 4 is 6.09 Å². The zero-order valence-electron chi connectivity index (χ0n) is 7.67. The van der Waals surface area contributed by atoms with Gasteiger partial charge in [0.05, 0.1) is 7.11 Å². The maximum Gasteiger partial charge on any atom is 0.409 e. The number of likely N-dealkylation sites (N-methyl/N-ethyl adjacent to an activating group) is 1. The Morgan fingerprint density at radius 3 is 2.92 bits per heavy atom. The van der Waals surface area contributed by atoms with E-state index < -0.39 is 0 Å². The number of carbonyl (C=O) groups excluding carboxylic acids is 1. The molecule has 0 aromatic rings. The molecule has 0 aliphatic carbocycles. The summed E-state index contributed by atoms with van der Waals surface area (Å²) in [5.74, 6) is 0. The van der Waals surface area contributed by atoms with Gasteiger partial charge in [-0.2, -0.15) is 0 Å². The Morgan fingerprint density at radius 2 is 2.42 bits per heavy atom. The molecule has 0 aromatic carbocycles. The summed E-state index contributed by atoms with van der Waals surface area (Å²) in [5.41, 5.74) is 0. The largest absolute Gasteiger partial charge is 0.453 e. The van der Waals surface area contributed by atoms with Gasteiger partial charge in [-0.1, -0.05) is 0 Å². The van der Waals surface area contributed by atoms with Crippen molar-refractivity contribution in [3.63, 3.8) is 0 Å². The van der Waals surface area contributed by atoms with Crippen LogP contribution in [0, 0.1) is 0 Å². The molecule has 1 amide bonds. The van der Waals surface area contributed by atoms with Crippen molar-refractivity contribution in [1.82, 2.24) is 10.2 Å². The van der Waals surface area contributed by atoms with Gasteiger partial charge in [-0.25, -0.2) is 4.79 Å². The van der Waals surface area contributed by atoms with E-state index in [4.69, 9.17) is 0 Å². The number of hydrogen-bond acceptors (Lipinski definition) is 3. The lowest BCUT2D eigenvalue weighted by Gasteiger charge is -2.30. The number of methoxy groups -OCH3 is 1. The number of carbonyl (C=O) groups is 1. The van der Waals surface area contributed by atoms with E-state index in [0.29, 0.717) is 6.04 Å². The maximum absolute atomic E-state index is 11.1. The van der Waals surface area contributed by atoms with E-state index in [1.165, 1.54) is 7.11 Å². The molecule has 1 aliphatic rings. The van der Waals surface area contributed by atoms with E-state index in [0.717, 1.165) is 25.9 Å². The molecule has 0 bridgehead atoms. The van der Waals surface area contributed by atoms with Gasteiger partial charge >= 0.3 is 6.09 Å². The lowest BCUT2D eigenvalue weighted by atomic mass is 10.1. The number of nitrogens with one attached hydrogen (secondary N) is 1. The molecule has 4 heteroatoms. The normalized spacial score (nSPS) is 23.3. The molecule has 0 spiro atoms. The molecule has 70 valence electrons. The molecule has 12 heavy (non-hydrogen) atoms. The summed E-state index contributed by atoms with van der Waals surface area (Å²) < 4.78 is 4.62. The molecule has 1 fully saturated rings. The van der Waals surface area contributed by atoms with Crippen LogP contribution in [0.4, 0.5) is 4.79 Å². The molecule has 1 atom stereocenters. The number of rotatable bonds is 1. The van der Waals surface area contributed by atoms with Crippen LogP contribution in [0.2, 0.25) is 0 Å². The zero-order valence-corrected chi connectivity index (χ0v) is 7.67. The molecular formula is C8H16N2O2. The molecule has 0 aromatic heterocycles. The molecule has 0 saturated carbocycles. The third-order valence-electron chi connectivity index (χ3n) is 2.28. The van der Waals surface area contributed by atoms with Gasteiger partial charge in [0, 0.05) is 19.6 Å². The van der Waals surface area contributed by atoms with Crippen LogP contribution in [0.1, 0.15) is 12.8 Å². The fourth-order valence-electron chi connectivity index (χ4n) is 1.46. The van der Waals surface area contributed by atoms with Gasteiger partial charge in [0.2, 0.25) is 0 Å². The van der Waals surface area contributed by atoms with Crippen LogP contribution in [-0.4, -0.2) is 44.3 Å². The van der Waals surface area contributed by atoms with Gasteiger partial charge in [-0.3, -0.25) is 0 Å². The van der Waals surface area contributed by atoms with Crippen molar-refractivity contribution in [3.8, 4) is 0 Å². The fourth-order valence-corrected chi connectivity index (χ4v) is 1.46. The SMILES string of the molecule is COC(=O)N(C)[C@H]1CCCNC1. The van der Waals surface area contributed by atoms with Crippen LogP contribution < -0.4 is 5.32 Å². The summed E-state index contributed by atoms with van der Waals surface area (Å²) in [7, 11) is 3.19. The van der Waals surface area contributed by atoms with Crippen LogP contribution >= 0.6 is 0 Å². The fraction of sp³-hybridized carbons (Fsp3) is 0.875. The predicted molar refractivity (Wildman–Crippen MR) is 46.1 cm³/mol. The second kappa shape index (κ2) is 4.30. The lowest BCUT2D eigenvalue weighted by Crippen LogP contribution is -2.46. The number of nitrogens with zero attached hydrogens (tertiary/aromatic N) is 1. The highest BCUT2D eigenvalue weighted by Gasteiger charge is 2.21. The molecular weight excluding hydrogens is 156 g/mol. The Labute approximate surface area is 72.9 Å². The highest BCUT2D eigenvalue weighted by molar-refractivity contribution is 5.67. The first-order valence-electron chi connectivity index (χ1n) is 4.27. The first kappa shape index (κ1) is 9.32. The Balaban J connectivity index is 2.39. The van der Waals surface area contributed by atoms with E-state index >= 15 is 0 Å². The maximum atomic E-state index is 11.1. The number of piperidine rings is 1. The van der Waals surface area contributed by atoms with Gasteiger partial charge in [-0.05, 0) is 19.4 Å². The number of amides is 1. The summed E-state index contributed by atoms with van der Waals surface area (Å²) in [4.78, 5) is 12.7. The molecule has 1 N–H and O–H groups in total. The predicted octanol–water partition coefficient (Wildman–Crippen LogP) is 0.437. The van der Waals surface area contributed by atoms with Gasteiger partial charge in [0.1, 0.15) is 0 Å². The Hall–Kier alpha value is -0.770. The van der Waals surface area contributed by atoms with E-state index in [2.05, 4.69) is 10.1 Å². The quantitative estimate of drug-likeness (QED) is 0.624. The van der Waals surface area contributed by atoms with Gasteiger partial charge < -0.3 is 15.0 Å².